The third kappa shape index (κ3) is 5.27. The van der Waals surface area contributed by atoms with E-state index in [1.807, 2.05) is 32.8 Å². The van der Waals surface area contributed by atoms with Gasteiger partial charge in [-0.15, -0.1) is 0 Å². The molecule has 0 spiro atoms. The summed E-state index contributed by atoms with van der Waals surface area (Å²) in [4.78, 5) is 25.3. The minimum absolute atomic E-state index is 0.0753. The molecule has 0 radical (unpaired) electrons. The number of nitrogens with zero attached hydrogens (tertiary/aromatic N) is 5. The molecule has 0 amide bonds. The zero-order valence-corrected chi connectivity index (χ0v) is 14.9. The molecule has 0 aliphatic carbocycles. The van der Waals surface area contributed by atoms with Crippen LogP contribution in [0.5, 0.6) is 0 Å². The summed E-state index contributed by atoms with van der Waals surface area (Å²) in [5.74, 6) is 2.10. The predicted octanol–water partition coefficient (Wildman–Crippen LogP) is 2.49. The van der Waals surface area contributed by atoms with Gasteiger partial charge in [-0.2, -0.15) is 15.0 Å². The maximum Gasteiger partial charge on any atom is 0.269 e. The van der Waals surface area contributed by atoms with Crippen molar-refractivity contribution >= 4 is 23.3 Å². The molecule has 9 heteroatoms. The molecule has 1 aromatic carbocycles. The van der Waals surface area contributed by atoms with Crippen LogP contribution in [0.25, 0.3) is 0 Å². The van der Waals surface area contributed by atoms with Gasteiger partial charge in [-0.1, -0.05) is 13.8 Å². The highest BCUT2D eigenvalue weighted by Crippen LogP contribution is 2.16. The smallest absolute Gasteiger partial charge is 0.269 e. The van der Waals surface area contributed by atoms with Gasteiger partial charge in [0.2, 0.25) is 11.9 Å². The second-order valence-corrected chi connectivity index (χ2v) is 6.02. The summed E-state index contributed by atoms with van der Waals surface area (Å²) in [7, 11) is 3.78. The number of hydrogen-bond acceptors (Lipinski definition) is 8. The lowest BCUT2D eigenvalue weighted by molar-refractivity contribution is -0.384. The number of hydrogen-bond donors (Lipinski definition) is 2. The molecule has 1 heterocycles. The van der Waals surface area contributed by atoms with Crippen LogP contribution in [0.4, 0.5) is 23.3 Å². The van der Waals surface area contributed by atoms with Crippen LogP contribution in [-0.4, -0.2) is 47.1 Å². The highest BCUT2D eigenvalue weighted by atomic mass is 16.6. The van der Waals surface area contributed by atoms with Gasteiger partial charge < -0.3 is 15.5 Å². The summed E-state index contributed by atoms with van der Waals surface area (Å²) in [6, 6.07) is 6.31. The van der Waals surface area contributed by atoms with Crippen molar-refractivity contribution < 1.29 is 4.92 Å². The fourth-order valence-electron chi connectivity index (χ4n) is 2.00. The van der Waals surface area contributed by atoms with Crippen molar-refractivity contribution in [3.63, 3.8) is 0 Å². The molecule has 0 saturated heterocycles. The van der Waals surface area contributed by atoms with E-state index in [9.17, 15) is 10.1 Å². The van der Waals surface area contributed by atoms with E-state index in [1.165, 1.54) is 12.1 Å². The molecule has 0 atom stereocenters. The van der Waals surface area contributed by atoms with Crippen LogP contribution in [0, 0.1) is 10.1 Å². The van der Waals surface area contributed by atoms with Crippen molar-refractivity contribution in [2.75, 3.05) is 42.7 Å². The van der Waals surface area contributed by atoms with Gasteiger partial charge in [-0.05, 0) is 12.1 Å². The summed E-state index contributed by atoms with van der Waals surface area (Å²) in [5.41, 5.74) is 0.895. The first-order valence-corrected chi connectivity index (χ1v) is 8.02. The lowest BCUT2D eigenvalue weighted by Gasteiger charge is -2.15. The lowest BCUT2D eigenvalue weighted by Crippen LogP contribution is -2.19. The SMILES string of the molecule is CC(C)c1nc(NCCNc2ccc([N+](=O)[O-])cc2)nc(N(C)C)n1. The molecule has 1 aromatic heterocycles. The maximum absolute atomic E-state index is 10.6. The molecule has 0 saturated carbocycles. The van der Waals surface area contributed by atoms with Crippen molar-refractivity contribution in [1.29, 1.82) is 0 Å². The van der Waals surface area contributed by atoms with Crippen molar-refractivity contribution in [2.45, 2.75) is 19.8 Å². The average molecular weight is 345 g/mol. The Morgan fingerprint density at radius 2 is 1.72 bits per heavy atom. The predicted molar refractivity (Wildman–Crippen MR) is 98.3 cm³/mol. The van der Waals surface area contributed by atoms with E-state index in [-0.39, 0.29) is 11.6 Å². The number of nitrogens with one attached hydrogen (secondary N) is 2. The average Bonchev–Trinajstić information content (AvgIpc) is 2.58. The second-order valence-electron chi connectivity index (χ2n) is 6.02. The van der Waals surface area contributed by atoms with Crippen molar-refractivity contribution in [3.05, 3.63) is 40.2 Å². The zero-order chi connectivity index (χ0) is 18.4. The van der Waals surface area contributed by atoms with Gasteiger partial charge in [-0.3, -0.25) is 10.1 Å². The Morgan fingerprint density at radius 1 is 1.08 bits per heavy atom. The minimum atomic E-state index is -0.416. The standard InChI is InChI=1S/C16H23N7O2/c1-11(2)14-19-15(21-16(20-14)22(3)4)18-10-9-17-12-5-7-13(8-6-12)23(24)25/h5-8,11,17H,9-10H2,1-4H3,(H,18,19,20,21). The molecule has 9 nitrogen and oxygen atoms in total. The summed E-state index contributed by atoms with van der Waals surface area (Å²) in [5, 5.41) is 17.0. The molecule has 0 fully saturated rings. The third-order valence-electron chi connectivity index (χ3n) is 3.37. The van der Waals surface area contributed by atoms with Crippen LogP contribution < -0.4 is 15.5 Å². The highest BCUT2D eigenvalue weighted by Gasteiger charge is 2.10. The van der Waals surface area contributed by atoms with Crippen LogP contribution in [0.2, 0.25) is 0 Å². The van der Waals surface area contributed by atoms with Crippen LogP contribution in [-0.2, 0) is 0 Å². The third-order valence-corrected chi connectivity index (χ3v) is 3.37. The molecule has 0 unspecified atom stereocenters. The molecular formula is C16H23N7O2. The van der Waals surface area contributed by atoms with Gasteiger partial charge in [0.05, 0.1) is 4.92 Å². The Bertz CT molecular complexity index is 691. The largest absolute Gasteiger partial charge is 0.383 e. The summed E-state index contributed by atoms with van der Waals surface area (Å²) >= 11 is 0. The highest BCUT2D eigenvalue weighted by molar-refractivity contribution is 5.48. The Kier molecular flexibility index (Phi) is 6.04. The van der Waals surface area contributed by atoms with Gasteiger partial charge in [0.1, 0.15) is 5.82 Å². The second kappa shape index (κ2) is 8.22. The van der Waals surface area contributed by atoms with Gasteiger partial charge in [-0.25, -0.2) is 0 Å². The molecular weight excluding hydrogens is 322 g/mol. The normalized spacial score (nSPS) is 10.6. The Hall–Kier alpha value is -2.97. The minimum Gasteiger partial charge on any atom is -0.383 e. The number of anilines is 3. The number of nitro groups is 1. The van der Waals surface area contributed by atoms with Crippen LogP contribution >= 0.6 is 0 Å². The van der Waals surface area contributed by atoms with Crippen molar-refractivity contribution in [3.8, 4) is 0 Å². The van der Waals surface area contributed by atoms with E-state index < -0.39 is 4.92 Å². The Labute approximate surface area is 146 Å². The molecule has 2 aromatic rings. The maximum atomic E-state index is 10.6. The van der Waals surface area contributed by atoms with Crippen LogP contribution in [0.15, 0.2) is 24.3 Å². The van der Waals surface area contributed by atoms with Crippen LogP contribution in [0.3, 0.4) is 0 Å². The van der Waals surface area contributed by atoms with E-state index in [4.69, 9.17) is 0 Å². The molecule has 0 aliphatic rings. The number of rotatable bonds is 8. The van der Waals surface area contributed by atoms with Gasteiger partial charge in [0.15, 0.2) is 0 Å². The summed E-state index contributed by atoms with van der Waals surface area (Å²) in [6.45, 7) is 5.30. The first-order valence-electron chi connectivity index (χ1n) is 8.02. The van der Waals surface area contributed by atoms with Gasteiger partial charge in [0, 0.05) is 50.9 Å². The first kappa shape index (κ1) is 18.4. The molecule has 0 aliphatic heterocycles. The lowest BCUT2D eigenvalue weighted by atomic mass is 10.2. The molecule has 2 N–H and O–H groups in total. The van der Waals surface area contributed by atoms with E-state index in [1.54, 1.807) is 12.1 Å². The number of non-ortho nitro benzene ring substituents is 1. The molecule has 0 bridgehead atoms. The number of aromatic nitrogens is 3. The Balaban J connectivity index is 1.91. The van der Waals surface area contributed by atoms with E-state index in [0.717, 1.165) is 11.5 Å². The number of nitro benzene ring substituents is 1. The molecule has 134 valence electrons. The molecule has 2 rings (SSSR count). The van der Waals surface area contributed by atoms with Crippen LogP contribution in [0.1, 0.15) is 25.6 Å². The van der Waals surface area contributed by atoms with Gasteiger partial charge in [0.25, 0.3) is 5.69 Å². The zero-order valence-electron chi connectivity index (χ0n) is 14.9. The molecule has 25 heavy (non-hydrogen) atoms. The van der Waals surface area contributed by atoms with Crippen molar-refractivity contribution in [1.82, 2.24) is 15.0 Å². The monoisotopic (exact) mass is 345 g/mol. The van der Waals surface area contributed by atoms with E-state index in [0.29, 0.717) is 25.0 Å². The van der Waals surface area contributed by atoms with Crippen molar-refractivity contribution in [2.24, 2.45) is 0 Å². The first-order chi connectivity index (χ1) is 11.9. The fourth-order valence-corrected chi connectivity index (χ4v) is 2.00. The summed E-state index contributed by atoms with van der Waals surface area (Å²) in [6.07, 6.45) is 0. The Morgan fingerprint density at radius 3 is 2.28 bits per heavy atom. The van der Waals surface area contributed by atoms with Gasteiger partial charge >= 0.3 is 0 Å². The summed E-state index contributed by atoms with van der Waals surface area (Å²) < 4.78 is 0. The number of benzene rings is 1. The van der Waals surface area contributed by atoms with E-state index in [2.05, 4.69) is 25.6 Å². The quantitative estimate of drug-likeness (QED) is 0.427. The van der Waals surface area contributed by atoms with E-state index >= 15 is 0 Å². The fraction of sp³-hybridized carbons (Fsp3) is 0.438. The topological polar surface area (TPSA) is 109 Å².